The molecule has 0 radical (unpaired) electrons. The molecule has 18 heavy (non-hydrogen) atoms. The van der Waals surface area contributed by atoms with Gasteiger partial charge in [0.15, 0.2) is 0 Å². The summed E-state index contributed by atoms with van der Waals surface area (Å²) in [5.74, 6) is 0.965. The van der Waals surface area contributed by atoms with Crippen LogP contribution in [0, 0.1) is 0 Å². The molecule has 3 nitrogen and oxygen atoms in total. The van der Waals surface area contributed by atoms with Crippen LogP contribution in [0.4, 0.5) is 0 Å². The van der Waals surface area contributed by atoms with E-state index in [0.29, 0.717) is 0 Å². The average molecular weight is 316 g/mol. The Balaban J connectivity index is 2.26. The highest BCUT2D eigenvalue weighted by atomic mass is 79.9. The summed E-state index contributed by atoms with van der Waals surface area (Å²) in [6, 6.07) is 2.09. The molecular formula is C14H22BrNO2. The summed E-state index contributed by atoms with van der Waals surface area (Å²) in [7, 11) is 1.82. The van der Waals surface area contributed by atoms with Crippen LogP contribution in [0.2, 0.25) is 0 Å². The first kappa shape index (κ1) is 14.1. The van der Waals surface area contributed by atoms with E-state index in [1.165, 1.54) is 12.8 Å². The predicted octanol–water partition coefficient (Wildman–Crippen LogP) is 4.04. The minimum absolute atomic E-state index is 0.116. The van der Waals surface area contributed by atoms with Gasteiger partial charge in [0.1, 0.15) is 5.76 Å². The fraction of sp³-hybridized carbons (Fsp3) is 0.714. The summed E-state index contributed by atoms with van der Waals surface area (Å²) < 4.78 is 12.6. The molecular weight excluding hydrogens is 294 g/mol. The van der Waals surface area contributed by atoms with Crippen molar-refractivity contribution in [1.29, 1.82) is 0 Å². The molecule has 4 heteroatoms. The van der Waals surface area contributed by atoms with Gasteiger partial charge < -0.3 is 14.5 Å². The normalized spacial score (nSPS) is 20.2. The number of rotatable bonds is 6. The maximum atomic E-state index is 5.89. The lowest BCUT2D eigenvalue weighted by molar-refractivity contribution is -0.0422. The number of hydrogen-bond acceptors (Lipinski definition) is 3. The Morgan fingerprint density at radius 1 is 1.50 bits per heavy atom. The fourth-order valence-corrected chi connectivity index (χ4v) is 3.33. The Hall–Kier alpha value is -0.320. The summed E-state index contributed by atoms with van der Waals surface area (Å²) >= 11 is 3.57. The molecule has 1 N–H and O–H groups in total. The predicted molar refractivity (Wildman–Crippen MR) is 75.7 cm³/mol. The van der Waals surface area contributed by atoms with Crippen LogP contribution in [0.1, 0.15) is 50.8 Å². The standard InChI is InChI=1S/C14H22BrNO2/c1-3-9-16-13(12-11(15)6-10-18-12)14(17-2)7-4-5-8-14/h6,10,13,16H,3-5,7-9H2,1-2H3. The average Bonchev–Trinajstić information content (AvgIpc) is 3.01. The van der Waals surface area contributed by atoms with Crippen molar-refractivity contribution in [2.45, 2.75) is 50.7 Å². The smallest absolute Gasteiger partial charge is 0.137 e. The number of furan rings is 1. The van der Waals surface area contributed by atoms with Crippen LogP contribution in [0.15, 0.2) is 21.2 Å². The van der Waals surface area contributed by atoms with E-state index in [1.54, 1.807) is 6.26 Å². The second-order valence-corrected chi connectivity index (χ2v) is 5.85. The summed E-state index contributed by atoms with van der Waals surface area (Å²) in [6.45, 7) is 3.15. The molecule has 0 saturated heterocycles. The Kier molecular flexibility index (Phi) is 4.87. The second-order valence-electron chi connectivity index (χ2n) is 5.00. The molecule has 1 atom stereocenters. The molecule has 1 heterocycles. The van der Waals surface area contributed by atoms with Crippen LogP contribution in [0.25, 0.3) is 0 Å². The summed E-state index contributed by atoms with van der Waals surface area (Å²) in [4.78, 5) is 0. The largest absolute Gasteiger partial charge is 0.466 e. The summed E-state index contributed by atoms with van der Waals surface area (Å²) in [5.41, 5.74) is -0.116. The quantitative estimate of drug-likeness (QED) is 0.860. The molecule has 0 amide bonds. The van der Waals surface area contributed by atoms with Gasteiger partial charge in [0, 0.05) is 7.11 Å². The molecule has 0 aromatic carbocycles. The minimum atomic E-state index is -0.116. The topological polar surface area (TPSA) is 34.4 Å². The maximum absolute atomic E-state index is 5.89. The van der Waals surface area contributed by atoms with Gasteiger partial charge >= 0.3 is 0 Å². The van der Waals surface area contributed by atoms with Crippen molar-refractivity contribution in [2.75, 3.05) is 13.7 Å². The van der Waals surface area contributed by atoms with Gasteiger partial charge in [-0.2, -0.15) is 0 Å². The van der Waals surface area contributed by atoms with Gasteiger partial charge in [-0.05, 0) is 47.8 Å². The molecule has 1 unspecified atom stereocenters. The molecule has 1 aliphatic rings. The van der Waals surface area contributed by atoms with E-state index in [9.17, 15) is 0 Å². The van der Waals surface area contributed by atoms with Crippen molar-refractivity contribution < 1.29 is 9.15 Å². The van der Waals surface area contributed by atoms with Gasteiger partial charge in [-0.1, -0.05) is 19.8 Å². The SMILES string of the molecule is CCCNC(c1occc1Br)C1(OC)CCCC1. The van der Waals surface area contributed by atoms with Crippen LogP contribution in [0.3, 0.4) is 0 Å². The van der Waals surface area contributed by atoms with E-state index in [0.717, 1.165) is 36.0 Å². The van der Waals surface area contributed by atoms with Crippen LogP contribution in [-0.4, -0.2) is 19.3 Å². The summed E-state index contributed by atoms with van der Waals surface area (Å²) in [5, 5.41) is 3.60. The summed E-state index contributed by atoms with van der Waals surface area (Å²) in [6.07, 6.45) is 7.50. The van der Waals surface area contributed by atoms with Crippen molar-refractivity contribution in [1.82, 2.24) is 5.32 Å². The zero-order valence-corrected chi connectivity index (χ0v) is 12.8. The van der Waals surface area contributed by atoms with E-state index in [2.05, 4.69) is 28.2 Å². The number of hydrogen-bond donors (Lipinski definition) is 1. The number of nitrogens with one attached hydrogen (secondary N) is 1. The minimum Gasteiger partial charge on any atom is -0.466 e. The van der Waals surface area contributed by atoms with Crippen molar-refractivity contribution in [3.8, 4) is 0 Å². The first-order chi connectivity index (χ1) is 8.73. The Labute approximate surface area is 117 Å². The lowest BCUT2D eigenvalue weighted by atomic mass is 9.90. The molecule has 102 valence electrons. The third-order valence-electron chi connectivity index (χ3n) is 3.89. The molecule has 2 rings (SSSR count). The van der Waals surface area contributed by atoms with Gasteiger partial charge in [0.05, 0.1) is 22.4 Å². The number of methoxy groups -OCH3 is 1. The third kappa shape index (κ3) is 2.65. The van der Waals surface area contributed by atoms with Gasteiger partial charge in [-0.25, -0.2) is 0 Å². The molecule has 1 aromatic rings. The molecule has 0 aliphatic heterocycles. The van der Waals surface area contributed by atoms with Gasteiger partial charge in [0.25, 0.3) is 0 Å². The Morgan fingerprint density at radius 2 is 2.22 bits per heavy atom. The van der Waals surface area contributed by atoms with Crippen molar-refractivity contribution in [3.63, 3.8) is 0 Å². The van der Waals surface area contributed by atoms with Crippen molar-refractivity contribution >= 4 is 15.9 Å². The molecule has 1 saturated carbocycles. The van der Waals surface area contributed by atoms with E-state index < -0.39 is 0 Å². The van der Waals surface area contributed by atoms with E-state index in [1.807, 2.05) is 13.2 Å². The fourth-order valence-electron chi connectivity index (χ4n) is 2.90. The number of ether oxygens (including phenoxy) is 1. The third-order valence-corrected chi connectivity index (χ3v) is 4.54. The second kappa shape index (κ2) is 6.22. The first-order valence-electron chi connectivity index (χ1n) is 6.75. The highest BCUT2D eigenvalue weighted by Gasteiger charge is 2.44. The van der Waals surface area contributed by atoms with E-state index in [-0.39, 0.29) is 11.6 Å². The lowest BCUT2D eigenvalue weighted by Crippen LogP contribution is -2.43. The van der Waals surface area contributed by atoms with Gasteiger partial charge in [-0.15, -0.1) is 0 Å². The van der Waals surface area contributed by atoms with Crippen LogP contribution < -0.4 is 5.32 Å². The Morgan fingerprint density at radius 3 is 2.72 bits per heavy atom. The van der Waals surface area contributed by atoms with Gasteiger partial charge in [0.2, 0.25) is 0 Å². The van der Waals surface area contributed by atoms with E-state index in [4.69, 9.17) is 9.15 Å². The van der Waals surface area contributed by atoms with Crippen LogP contribution in [0.5, 0.6) is 0 Å². The monoisotopic (exact) mass is 315 g/mol. The highest BCUT2D eigenvalue weighted by Crippen LogP contribution is 2.44. The van der Waals surface area contributed by atoms with Crippen molar-refractivity contribution in [3.05, 3.63) is 22.6 Å². The number of halogens is 1. The van der Waals surface area contributed by atoms with E-state index >= 15 is 0 Å². The Bertz CT molecular complexity index is 372. The zero-order valence-electron chi connectivity index (χ0n) is 11.2. The highest BCUT2D eigenvalue weighted by molar-refractivity contribution is 9.10. The molecule has 1 aliphatic carbocycles. The van der Waals surface area contributed by atoms with Crippen LogP contribution in [-0.2, 0) is 4.74 Å². The van der Waals surface area contributed by atoms with Crippen molar-refractivity contribution in [2.24, 2.45) is 0 Å². The lowest BCUT2D eigenvalue weighted by Gasteiger charge is -2.36. The molecule has 1 fully saturated rings. The zero-order chi connectivity index (χ0) is 13.0. The molecule has 0 spiro atoms. The van der Waals surface area contributed by atoms with Crippen LogP contribution >= 0.6 is 15.9 Å². The van der Waals surface area contributed by atoms with Gasteiger partial charge in [-0.3, -0.25) is 0 Å². The molecule has 0 bridgehead atoms. The molecule has 1 aromatic heterocycles. The first-order valence-corrected chi connectivity index (χ1v) is 7.54. The maximum Gasteiger partial charge on any atom is 0.137 e.